The van der Waals surface area contributed by atoms with Crippen molar-refractivity contribution in [1.82, 2.24) is 29.6 Å². The number of aromatic nitrogens is 5. The van der Waals surface area contributed by atoms with Gasteiger partial charge in [0.15, 0.2) is 0 Å². The number of hydrogen-bond acceptors (Lipinski definition) is 8. The summed E-state index contributed by atoms with van der Waals surface area (Å²) in [6.45, 7) is 9.97. The van der Waals surface area contributed by atoms with Gasteiger partial charge in [-0.2, -0.15) is 10.1 Å². The normalized spacial score (nSPS) is 19.2. The summed E-state index contributed by atoms with van der Waals surface area (Å²) in [5, 5.41) is 4.15. The van der Waals surface area contributed by atoms with Gasteiger partial charge in [0.05, 0.1) is 19.8 Å². The lowest BCUT2D eigenvalue weighted by Crippen LogP contribution is -2.46. The highest BCUT2D eigenvalue weighted by Gasteiger charge is 2.21. The molecule has 2 aliphatic heterocycles. The highest BCUT2D eigenvalue weighted by molar-refractivity contribution is 5.46. The molecule has 0 aromatic carbocycles. The van der Waals surface area contributed by atoms with E-state index in [1.807, 2.05) is 18.7 Å². The van der Waals surface area contributed by atoms with Crippen LogP contribution in [0.4, 0.5) is 11.8 Å². The zero-order valence-corrected chi connectivity index (χ0v) is 15.5. The summed E-state index contributed by atoms with van der Waals surface area (Å²) < 4.78 is 7.28. The van der Waals surface area contributed by atoms with E-state index >= 15 is 0 Å². The van der Waals surface area contributed by atoms with E-state index in [2.05, 4.69) is 35.8 Å². The minimum absolute atomic E-state index is 0.743. The van der Waals surface area contributed by atoms with Crippen LogP contribution in [0.3, 0.4) is 0 Å². The van der Waals surface area contributed by atoms with E-state index in [0.717, 1.165) is 82.3 Å². The Labute approximate surface area is 153 Å². The molecule has 2 saturated heterocycles. The van der Waals surface area contributed by atoms with Crippen LogP contribution in [0.1, 0.15) is 11.5 Å². The fourth-order valence-electron chi connectivity index (χ4n) is 3.40. The molecule has 0 unspecified atom stereocenters. The van der Waals surface area contributed by atoms with Crippen molar-refractivity contribution in [3.8, 4) is 0 Å². The molecule has 26 heavy (non-hydrogen) atoms. The highest BCUT2D eigenvalue weighted by Crippen LogP contribution is 2.20. The Balaban J connectivity index is 1.40. The third-order valence-corrected chi connectivity index (χ3v) is 4.99. The average molecular weight is 358 g/mol. The first kappa shape index (κ1) is 17.2. The lowest BCUT2D eigenvalue weighted by molar-refractivity contribution is 0.122. The molecule has 2 aliphatic rings. The Morgan fingerprint density at radius 3 is 2.46 bits per heavy atom. The van der Waals surface area contributed by atoms with Crippen LogP contribution in [0.2, 0.25) is 0 Å². The summed E-state index contributed by atoms with van der Waals surface area (Å²) in [4.78, 5) is 20.8. The van der Waals surface area contributed by atoms with Crippen molar-refractivity contribution >= 4 is 11.8 Å². The van der Waals surface area contributed by atoms with Crippen LogP contribution in [0, 0.1) is 6.92 Å². The maximum absolute atomic E-state index is 5.44. The largest absolute Gasteiger partial charge is 0.378 e. The lowest BCUT2D eigenvalue weighted by Gasteiger charge is -2.35. The summed E-state index contributed by atoms with van der Waals surface area (Å²) in [6.07, 6.45) is 1.61. The maximum Gasteiger partial charge on any atom is 0.227 e. The highest BCUT2D eigenvalue weighted by atomic mass is 16.5. The van der Waals surface area contributed by atoms with Gasteiger partial charge in [-0.05, 0) is 6.92 Å². The Morgan fingerprint density at radius 2 is 1.77 bits per heavy atom. The summed E-state index contributed by atoms with van der Waals surface area (Å²) in [5.74, 6) is 2.85. The third kappa shape index (κ3) is 3.78. The molecule has 140 valence electrons. The average Bonchev–Trinajstić information content (AvgIpc) is 3.07. The van der Waals surface area contributed by atoms with Gasteiger partial charge in [0, 0.05) is 58.1 Å². The Kier molecular flexibility index (Phi) is 4.98. The van der Waals surface area contributed by atoms with Crippen molar-refractivity contribution in [2.24, 2.45) is 7.05 Å². The molecule has 0 atom stereocenters. The second-order valence-corrected chi connectivity index (χ2v) is 6.83. The summed E-state index contributed by atoms with van der Waals surface area (Å²) in [6, 6.07) is 2.09. The number of hydrogen-bond donors (Lipinski definition) is 0. The van der Waals surface area contributed by atoms with Crippen LogP contribution in [0.25, 0.3) is 0 Å². The van der Waals surface area contributed by atoms with E-state index in [1.165, 1.54) is 0 Å². The van der Waals surface area contributed by atoms with Crippen LogP contribution in [-0.4, -0.2) is 82.1 Å². The van der Waals surface area contributed by atoms with Crippen LogP contribution in [0.15, 0.2) is 12.4 Å². The lowest BCUT2D eigenvalue weighted by atomic mass is 10.3. The van der Waals surface area contributed by atoms with Crippen molar-refractivity contribution in [2.75, 3.05) is 62.3 Å². The third-order valence-electron chi connectivity index (χ3n) is 4.99. The summed E-state index contributed by atoms with van der Waals surface area (Å²) >= 11 is 0. The van der Waals surface area contributed by atoms with Crippen molar-refractivity contribution in [3.05, 3.63) is 23.9 Å². The zero-order chi connectivity index (χ0) is 17.9. The number of nitrogens with zero attached hydrogens (tertiary/aromatic N) is 8. The van der Waals surface area contributed by atoms with Gasteiger partial charge >= 0.3 is 0 Å². The minimum atomic E-state index is 0.743. The monoisotopic (exact) mass is 358 g/mol. The van der Waals surface area contributed by atoms with Crippen LogP contribution in [-0.2, 0) is 18.3 Å². The first-order valence-corrected chi connectivity index (χ1v) is 9.17. The minimum Gasteiger partial charge on any atom is -0.378 e. The Bertz CT molecular complexity index is 734. The maximum atomic E-state index is 5.44. The van der Waals surface area contributed by atoms with E-state index in [4.69, 9.17) is 9.72 Å². The summed E-state index contributed by atoms with van der Waals surface area (Å²) in [5.41, 5.74) is 1.01. The van der Waals surface area contributed by atoms with Gasteiger partial charge in [-0.3, -0.25) is 9.58 Å². The predicted molar refractivity (Wildman–Crippen MR) is 98.3 cm³/mol. The van der Waals surface area contributed by atoms with Crippen molar-refractivity contribution in [2.45, 2.75) is 13.5 Å². The fourth-order valence-corrected chi connectivity index (χ4v) is 3.40. The second kappa shape index (κ2) is 7.55. The van der Waals surface area contributed by atoms with Gasteiger partial charge in [-0.1, -0.05) is 0 Å². The second-order valence-electron chi connectivity index (χ2n) is 6.83. The molecular weight excluding hydrogens is 332 g/mol. The first-order valence-electron chi connectivity index (χ1n) is 9.17. The van der Waals surface area contributed by atoms with Gasteiger partial charge < -0.3 is 14.5 Å². The predicted octanol–water partition coefficient (Wildman–Crippen LogP) is 0.0723. The Hall–Kier alpha value is -2.26. The quantitative estimate of drug-likeness (QED) is 0.760. The zero-order valence-electron chi connectivity index (χ0n) is 15.5. The number of ether oxygens (including phenoxy) is 1. The molecule has 2 aromatic heterocycles. The van der Waals surface area contributed by atoms with Crippen LogP contribution < -0.4 is 9.80 Å². The van der Waals surface area contributed by atoms with Crippen molar-refractivity contribution in [1.29, 1.82) is 0 Å². The van der Waals surface area contributed by atoms with Crippen molar-refractivity contribution < 1.29 is 4.74 Å². The summed E-state index contributed by atoms with van der Waals surface area (Å²) in [7, 11) is 1.94. The molecule has 2 fully saturated rings. The van der Waals surface area contributed by atoms with Crippen LogP contribution in [0.5, 0.6) is 0 Å². The van der Waals surface area contributed by atoms with Gasteiger partial charge in [-0.25, -0.2) is 9.97 Å². The molecule has 0 saturated carbocycles. The Morgan fingerprint density at radius 1 is 1.00 bits per heavy atom. The van der Waals surface area contributed by atoms with Gasteiger partial charge in [0.2, 0.25) is 5.95 Å². The van der Waals surface area contributed by atoms with Gasteiger partial charge in [-0.15, -0.1) is 0 Å². The number of morpholine rings is 1. The molecule has 4 rings (SSSR count). The molecule has 0 radical (unpaired) electrons. The van der Waals surface area contributed by atoms with Gasteiger partial charge in [0.25, 0.3) is 0 Å². The van der Waals surface area contributed by atoms with E-state index in [1.54, 1.807) is 6.33 Å². The molecule has 2 aromatic rings. The molecule has 9 heteroatoms. The number of rotatable bonds is 4. The van der Waals surface area contributed by atoms with E-state index in [9.17, 15) is 0 Å². The fraction of sp³-hybridized carbons (Fsp3) is 0.647. The molecule has 0 spiro atoms. The molecular formula is C17H26N8O. The smallest absolute Gasteiger partial charge is 0.227 e. The number of piperazine rings is 1. The standard InChI is InChI=1S/C17H26N8O/c1-14-11-15(21-17(20-14)25-7-9-26-10-8-25)24-5-3-23(4-6-24)12-16-18-13-19-22(16)2/h11,13H,3-10,12H2,1-2H3. The SMILES string of the molecule is Cc1cc(N2CCN(Cc3ncnn3C)CC2)nc(N2CCOCC2)n1. The van der Waals surface area contributed by atoms with Crippen LogP contribution >= 0.6 is 0 Å². The molecule has 0 bridgehead atoms. The molecule has 0 N–H and O–H groups in total. The molecule has 9 nitrogen and oxygen atoms in total. The number of anilines is 2. The molecule has 0 amide bonds. The topological polar surface area (TPSA) is 75.4 Å². The van der Waals surface area contributed by atoms with E-state index in [-0.39, 0.29) is 0 Å². The van der Waals surface area contributed by atoms with Crippen molar-refractivity contribution in [3.63, 3.8) is 0 Å². The molecule has 4 heterocycles. The van der Waals surface area contributed by atoms with E-state index < -0.39 is 0 Å². The molecule has 0 aliphatic carbocycles. The first-order chi connectivity index (χ1) is 12.7. The van der Waals surface area contributed by atoms with E-state index in [0.29, 0.717) is 0 Å². The van der Waals surface area contributed by atoms with Gasteiger partial charge in [0.1, 0.15) is 18.0 Å². The number of aryl methyl sites for hydroxylation is 2.